The summed E-state index contributed by atoms with van der Waals surface area (Å²) in [6.07, 6.45) is 9.78. The van der Waals surface area contributed by atoms with Gasteiger partial charge in [0.05, 0.1) is 15.7 Å². The maximum absolute atomic E-state index is 6.04. The van der Waals surface area contributed by atoms with Gasteiger partial charge in [0, 0.05) is 17.2 Å². The molecule has 0 radical (unpaired) electrons. The Morgan fingerprint density at radius 1 is 1.27 bits per heavy atom. The van der Waals surface area contributed by atoms with E-state index < -0.39 is 0 Å². The molecule has 1 aromatic carbocycles. The fraction of sp³-hybridized carbons (Fsp3) is 0.250. The van der Waals surface area contributed by atoms with Gasteiger partial charge in [-0.3, -0.25) is 5.43 Å². The summed E-state index contributed by atoms with van der Waals surface area (Å²) in [5, 5.41) is 8.11. The molecule has 1 aromatic heterocycles. The van der Waals surface area contributed by atoms with Crippen LogP contribution < -0.4 is 5.43 Å². The van der Waals surface area contributed by atoms with E-state index in [0.717, 1.165) is 35.7 Å². The standard InChI is InChI=1S/C16H15Cl2N3S/c17-13-7-6-12(8-14(13)18)15-10-22-16(20-15)21-19-9-11-4-2-1-3-5-11/h1-2,6-11H,3-5H2,(H,20,21). The van der Waals surface area contributed by atoms with Crippen molar-refractivity contribution >= 4 is 45.9 Å². The molecule has 3 nitrogen and oxygen atoms in total. The minimum Gasteiger partial charge on any atom is -0.253 e. The Balaban J connectivity index is 1.64. The van der Waals surface area contributed by atoms with Crippen molar-refractivity contribution in [2.45, 2.75) is 19.3 Å². The highest BCUT2D eigenvalue weighted by atomic mass is 35.5. The zero-order valence-electron chi connectivity index (χ0n) is 11.8. The molecule has 1 heterocycles. The Morgan fingerprint density at radius 2 is 2.18 bits per heavy atom. The Labute approximate surface area is 143 Å². The van der Waals surface area contributed by atoms with Gasteiger partial charge in [0.2, 0.25) is 5.13 Å². The minimum absolute atomic E-state index is 0.520. The van der Waals surface area contributed by atoms with Crippen LogP contribution in [0.4, 0.5) is 5.13 Å². The number of halogens is 2. The topological polar surface area (TPSA) is 37.3 Å². The van der Waals surface area contributed by atoms with E-state index in [0.29, 0.717) is 16.0 Å². The number of benzene rings is 1. The van der Waals surface area contributed by atoms with Crippen molar-refractivity contribution in [1.82, 2.24) is 4.98 Å². The third-order valence-corrected chi connectivity index (χ3v) is 4.96. The molecule has 22 heavy (non-hydrogen) atoms. The van der Waals surface area contributed by atoms with Gasteiger partial charge in [0.15, 0.2) is 0 Å². The number of allylic oxidation sites excluding steroid dienone is 2. The van der Waals surface area contributed by atoms with Gasteiger partial charge < -0.3 is 0 Å². The maximum Gasteiger partial charge on any atom is 0.203 e. The Kier molecular flexibility index (Phi) is 5.13. The van der Waals surface area contributed by atoms with E-state index in [4.69, 9.17) is 23.2 Å². The number of hydrogen-bond donors (Lipinski definition) is 1. The van der Waals surface area contributed by atoms with E-state index in [-0.39, 0.29) is 0 Å². The van der Waals surface area contributed by atoms with Gasteiger partial charge >= 0.3 is 0 Å². The number of rotatable bonds is 4. The average Bonchev–Trinajstić information content (AvgIpc) is 3.00. The summed E-state index contributed by atoms with van der Waals surface area (Å²) in [6.45, 7) is 0. The molecule has 1 atom stereocenters. The fourth-order valence-electron chi connectivity index (χ4n) is 2.26. The van der Waals surface area contributed by atoms with E-state index in [1.165, 1.54) is 11.3 Å². The molecule has 0 fully saturated rings. The highest BCUT2D eigenvalue weighted by Gasteiger charge is 2.08. The van der Waals surface area contributed by atoms with E-state index >= 15 is 0 Å². The SMILES string of the molecule is Clc1ccc(-c2csc(NN=CC3CC=CCC3)n2)cc1Cl. The molecule has 6 heteroatoms. The predicted molar refractivity (Wildman–Crippen MR) is 96.2 cm³/mol. The highest BCUT2D eigenvalue weighted by molar-refractivity contribution is 7.14. The van der Waals surface area contributed by atoms with Crippen molar-refractivity contribution in [1.29, 1.82) is 0 Å². The number of hydrogen-bond acceptors (Lipinski definition) is 4. The summed E-state index contributed by atoms with van der Waals surface area (Å²) >= 11 is 13.5. The second-order valence-electron chi connectivity index (χ2n) is 5.10. The first kappa shape index (κ1) is 15.5. The Morgan fingerprint density at radius 3 is 2.95 bits per heavy atom. The molecule has 1 aliphatic carbocycles. The molecule has 114 valence electrons. The van der Waals surface area contributed by atoms with Crippen molar-refractivity contribution in [2.24, 2.45) is 11.0 Å². The summed E-state index contributed by atoms with van der Waals surface area (Å²) in [6, 6.07) is 5.51. The average molecular weight is 352 g/mol. The molecular weight excluding hydrogens is 337 g/mol. The first-order valence-electron chi connectivity index (χ1n) is 7.07. The first-order valence-corrected chi connectivity index (χ1v) is 8.71. The van der Waals surface area contributed by atoms with Crippen molar-refractivity contribution in [3.05, 3.63) is 45.8 Å². The maximum atomic E-state index is 6.04. The molecule has 2 aromatic rings. The Hall–Kier alpha value is -1.36. The first-order chi connectivity index (χ1) is 10.7. The molecule has 0 aliphatic heterocycles. The highest BCUT2D eigenvalue weighted by Crippen LogP contribution is 2.30. The predicted octanol–water partition coefficient (Wildman–Crippen LogP) is 5.87. The van der Waals surface area contributed by atoms with Crippen LogP contribution in [0.3, 0.4) is 0 Å². The van der Waals surface area contributed by atoms with Crippen molar-refractivity contribution in [3.63, 3.8) is 0 Å². The van der Waals surface area contributed by atoms with Crippen molar-refractivity contribution in [3.8, 4) is 11.3 Å². The van der Waals surface area contributed by atoms with Crippen LogP contribution in [0.1, 0.15) is 19.3 Å². The summed E-state index contributed by atoms with van der Waals surface area (Å²) in [4.78, 5) is 4.51. The number of hydrazone groups is 1. The molecule has 1 unspecified atom stereocenters. The van der Waals surface area contributed by atoms with Gasteiger partial charge in [0.1, 0.15) is 0 Å². The smallest absolute Gasteiger partial charge is 0.203 e. The van der Waals surface area contributed by atoms with E-state index in [1.807, 2.05) is 23.7 Å². The van der Waals surface area contributed by atoms with E-state index in [9.17, 15) is 0 Å². The van der Waals surface area contributed by atoms with Crippen LogP contribution in [0.15, 0.2) is 40.8 Å². The summed E-state index contributed by atoms with van der Waals surface area (Å²) < 4.78 is 0. The van der Waals surface area contributed by atoms with E-state index in [2.05, 4.69) is 27.7 Å². The molecule has 0 amide bonds. The van der Waals surface area contributed by atoms with Gasteiger partial charge in [-0.2, -0.15) is 5.10 Å². The molecule has 3 rings (SSSR count). The lowest BCUT2D eigenvalue weighted by atomic mass is 9.96. The monoisotopic (exact) mass is 351 g/mol. The molecule has 0 saturated heterocycles. The number of nitrogens with zero attached hydrogens (tertiary/aromatic N) is 2. The normalized spacial score (nSPS) is 18.0. The van der Waals surface area contributed by atoms with Crippen molar-refractivity contribution < 1.29 is 0 Å². The fourth-order valence-corrected chi connectivity index (χ4v) is 3.23. The summed E-state index contributed by atoms with van der Waals surface area (Å²) in [5.74, 6) is 0.520. The lowest BCUT2D eigenvalue weighted by Crippen LogP contribution is -2.04. The molecule has 1 N–H and O–H groups in total. The summed E-state index contributed by atoms with van der Waals surface area (Å²) in [5.41, 5.74) is 4.81. The number of nitrogens with one attached hydrogen (secondary N) is 1. The van der Waals surface area contributed by atoms with Gasteiger partial charge in [-0.1, -0.05) is 41.4 Å². The van der Waals surface area contributed by atoms with Gasteiger partial charge in [-0.05, 0) is 37.3 Å². The van der Waals surface area contributed by atoms with Crippen LogP contribution in [0.2, 0.25) is 10.0 Å². The quantitative estimate of drug-likeness (QED) is 0.424. The molecule has 0 spiro atoms. The molecule has 1 aliphatic rings. The number of aromatic nitrogens is 1. The van der Waals surface area contributed by atoms with Gasteiger partial charge in [-0.25, -0.2) is 4.98 Å². The lowest BCUT2D eigenvalue weighted by Gasteiger charge is -2.11. The van der Waals surface area contributed by atoms with Gasteiger partial charge in [0.25, 0.3) is 0 Å². The number of anilines is 1. The molecular formula is C16H15Cl2N3S. The zero-order chi connectivity index (χ0) is 15.4. The molecule has 0 saturated carbocycles. The minimum atomic E-state index is 0.520. The van der Waals surface area contributed by atoms with Crippen LogP contribution >= 0.6 is 34.5 Å². The third kappa shape index (κ3) is 3.88. The van der Waals surface area contributed by atoms with Crippen LogP contribution in [-0.4, -0.2) is 11.2 Å². The van der Waals surface area contributed by atoms with Crippen LogP contribution in [-0.2, 0) is 0 Å². The van der Waals surface area contributed by atoms with Gasteiger partial charge in [-0.15, -0.1) is 11.3 Å². The Bertz CT molecular complexity index is 709. The lowest BCUT2D eigenvalue weighted by molar-refractivity contribution is 0.627. The second kappa shape index (κ2) is 7.27. The molecule has 0 bridgehead atoms. The van der Waals surface area contributed by atoms with Crippen molar-refractivity contribution in [2.75, 3.05) is 5.43 Å². The largest absolute Gasteiger partial charge is 0.253 e. The van der Waals surface area contributed by atoms with Crippen LogP contribution in [0.25, 0.3) is 11.3 Å². The van der Waals surface area contributed by atoms with Crippen LogP contribution in [0, 0.1) is 5.92 Å². The van der Waals surface area contributed by atoms with Crippen LogP contribution in [0.5, 0.6) is 0 Å². The van der Waals surface area contributed by atoms with E-state index in [1.54, 1.807) is 6.07 Å². The zero-order valence-corrected chi connectivity index (χ0v) is 14.1. The number of thiazole rings is 1. The second-order valence-corrected chi connectivity index (χ2v) is 6.77. The summed E-state index contributed by atoms with van der Waals surface area (Å²) in [7, 11) is 0. The third-order valence-electron chi connectivity index (χ3n) is 3.47.